The summed E-state index contributed by atoms with van der Waals surface area (Å²) in [4.78, 5) is 9.49. The van der Waals surface area contributed by atoms with Crippen LogP contribution in [0.15, 0.2) is 0 Å². The third-order valence-electron chi connectivity index (χ3n) is 3.83. The van der Waals surface area contributed by atoms with Crippen molar-refractivity contribution in [1.29, 1.82) is 0 Å². The van der Waals surface area contributed by atoms with Gasteiger partial charge in [0.2, 0.25) is 0 Å². The Morgan fingerprint density at radius 3 is 2.36 bits per heavy atom. The molecule has 2 heterocycles. The number of fused-ring (bicyclic) bond motifs is 1. The van der Waals surface area contributed by atoms with Gasteiger partial charge >= 0.3 is 0 Å². The molecule has 8 heteroatoms. The molecule has 1 aromatic heterocycles. The molecule has 0 bridgehead atoms. The molecule has 0 radical (unpaired) electrons. The molecule has 0 saturated carbocycles. The Morgan fingerprint density at radius 2 is 1.73 bits per heavy atom. The van der Waals surface area contributed by atoms with E-state index in [1.54, 1.807) is 0 Å². The molecule has 1 aliphatic heterocycles. The molecule has 1 saturated heterocycles. The predicted molar refractivity (Wildman–Crippen MR) is 82.7 cm³/mol. The number of rotatable bonds is 1. The maximum absolute atomic E-state index is 14.7. The molecule has 0 atom stereocenters. The van der Waals surface area contributed by atoms with Crippen LogP contribution < -0.4 is 10.6 Å². The van der Waals surface area contributed by atoms with Gasteiger partial charge in [-0.15, -0.1) is 0 Å². The Labute approximate surface area is 133 Å². The Hall–Kier alpha value is -1.57. The number of nitrogen functional groups attached to an aromatic ring is 1. The maximum atomic E-state index is 14.7. The van der Waals surface area contributed by atoms with Crippen molar-refractivity contribution in [2.45, 2.75) is 24.6 Å². The number of anilines is 2. The van der Waals surface area contributed by atoms with Gasteiger partial charge in [-0.2, -0.15) is 0 Å². The standard InChI is InChI=1S/C14H14BrF3N4/c1-6-20-12-8(14(19)21-6)9(16)10(17)13(11(12)18)22-4-2-7(15)3-5-22/h7H,2-5H2,1H3,(H2,19,20,21). The number of aromatic nitrogens is 2. The number of piperidine rings is 1. The molecule has 2 N–H and O–H groups in total. The first-order chi connectivity index (χ1) is 10.4. The highest BCUT2D eigenvalue weighted by Crippen LogP contribution is 2.36. The van der Waals surface area contributed by atoms with Crippen LogP contribution >= 0.6 is 15.9 Å². The Morgan fingerprint density at radius 1 is 1.09 bits per heavy atom. The smallest absolute Gasteiger partial charge is 0.186 e. The van der Waals surface area contributed by atoms with Gasteiger partial charge in [0.15, 0.2) is 17.5 Å². The van der Waals surface area contributed by atoms with Crippen LogP contribution in [-0.4, -0.2) is 27.9 Å². The lowest BCUT2D eigenvalue weighted by atomic mass is 10.1. The molecular formula is C14H14BrF3N4. The van der Waals surface area contributed by atoms with E-state index in [1.807, 2.05) is 0 Å². The average Bonchev–Trinajstić information content (AvgIpc) is 2.46. The zero-order valence-corrected chi connectivity index (χ0v) is 13.4. The molecule has 1 aliphatic rings. The average molecular weight is 375 g/mol. The van der Waals surface area contributed by atoms with Crippen molar-refractivity contribution in [3.05, 3.63) is 23.3 Å². The van der Waals surface area contributed by atoms with Gasteiger partial charge in [0.05, 0.1) is 5.39 Å². The number of nitrogens with two attached hydrogens (primary N) is 1. The van der Waals surface area contributed by atoms with Crippen molar-refractivity contribution in [3.8, 4) is 0 Å². The number of alkyl halides is 1. The van der Waals surface area contributed by atoms with Gasteiger partial charge in [0, 0.05) is 17.9 Å². The highest BCUT2D eigenvalue weighted by atomic mass is 79.9. The van der Waals surface area contributed by atoms with Gasteiger partial charge in [0.1, 0.15) is 22.8 Å². The normalized spacial score (nSPS) is 16.5. The third-order valence-corrected chi connectivity index (χ3v) is 4.74. The van der Waals surface area contributed by atoms with Crippen LogP contribution in [0.1, 0.15) is 18.7 Å². The van der Waals surface area contributed by atoms with Gasteiger partial charge in [-0.05, 0) is 19.8 Å². The van der Waals surface area contributed by atoms with Crippen molar-refractivity contribution in [2.24, 2.45) is 0 Å². The van der Waals surface area contributed by atoms with E-state index in [-0.39, 0.29) is 22.8 Å². The fraction of sp³-hybridized carbons (Fsp3) is 0.429. The topological polar surface area (TPSA) is 55.0 Å². The zero-order valence-electron chi connectivity index (χ0n) is 11.8. The fourth-order valence-corrected chi connectivity index (χ4v) is 3.15. The number of nitrogens with zero attached hydrogens (tertiary/aromatic N) is 3. The minimum absolute atomic E-state index is 0.208. The lowest BCUT2D eigenvalue weighted by Crippen LogP contribution is -2.35. The molecule has 0 spiro atoms. The van der Waals surface area contributed by atoms with Crippen LogP contribution in [0.5, 0.6) is 0 Å². The van der Waals surface area contributed by atoms with Crippen molar-refractivity contribution in [3.63, 3.8) is 0 Å². The molecule has 3 rings (SSSR count). The summed E-state index contributed by atoms with van der Waals surface area (Å²) in [5.41, 5.74) is 4.95. The Bertz CT molecular complexity index is 745. The van der Waals surface area contributed by atoms with Crippen LogP contribution in [0, 0.1) is 24.4 Å². The molecule has 22 heavy (non-hydrogen) atoms. The quantitative estimate of drug-likeness (QED) is 0.614. The molecular weight excluding hydrogens is 361 g/mol. The van der Waals surface area contributed by atoms with Crippen LogP contribution in [0.25, 0.3) is 10.9 Å². The second-order valence-corrected chi connectivity index (χ2v) is 6.63. The summed E-state index contributed by atoms with van der Waals surface area (Å²) >= 11 is 3.47. The van der Waals surface area contributed by atoms with Gasteiger partial charge in [0.25, 0.3) is 0 Å². The molecule has 0 aliphatic carbocycles. The van der Waals surface area contributed by atoms with E-state index in [9.17, 15) is 13.2 Å². The van der Waals surface area contributed by atoms with Gasteiger partial charge in [-0.25, -0.2) is 23.1 Å². The van der Waals surface area contributed by atoms with E-state index in [0.29, 0.717) is 17.9 Å². The van der Waals surface area contributed by atoms with E-state index in [4.69, 9.17) is 5.73 Å². The summed E-state index contributed by atoms with van der Waals surface area (Å²) in [6, 6.07) is 0. The first-order valence-corrected chi connectivity index (χ1v) is 7.81. The minimum Gasteiger partial charge on any atom is -0.383 e. The predicted octanol–water partition coefficient (Wildman–Crippen LogP) is 3.30. The number of aryl methyl sites for hydroxylation is 1. The fourth-order valence-electron chi connectivity index (χ4n) is 2.74. The first-order valence-electron chi connectivity index (χ1n) is 6.89. The van der Waals surface area contributed by atoms with Crippen molar-refractivity contribution < 1.29 is 13.2 Å². The summed E-state index contributed by atoms with van der Waals surface area (Å²) in [7, 11) is 0. The lowest BCUT2D eigenvalue weighted by Gasteiger charge is -2.32. The van der Waals surface area contributed by atoms with Crippen LogP contribution in [0.2, 0.25) is 0 Å². The Balaban J connectivity index is 2.23. The van der Waals surface area contributed by atoms with Crippen LogP contribution in [-0.2, 0) is 0 Å². The van der Waals surface area contributed by atoms with Crippen molar-refractivity contribution in [2.75, 3.05) is 23.7 Å². The zero-order chi connectivity index (χ0) is 16.0. The van der Waals surface area contributed by atoms with Gasteiger partial charge in [-0.1, -0.05) is 15.9 Å². The van der Waals surface area contributed by atoms with E-state index >= 15 is 0 Å². The third kappa shape index (κ3) is 2.39. The number of hydrogen-bond donors (Lipinski definition) is 1. The van der Waals surface area contributed by atoms with E-state index in [0.717, 1.165) is 12.8 Å². The summed E-state index contributed by atoms with van der Waals surface area (Å²) in [6.45, 7) is 2.40. The van der Waals surface area contributed by atoms with Crippen molar-refractivity contribution >= 4 is 38.3 Å². The van der Waals surface area contributed by atoms with Gasteiger partial charge < -0.3 is 10.6 Å². The molecule has 1 fully saturated rings. The summed E-state index contributed by atoms with van der Waals surface area (Å²) in [5.74, 6) is -3.38. The molecule has 2 aromatic rings. The summed E-state index contributed by atoms with van der Waals surface area (Å²) in [5, 5.41) is -0.403. The molecule has 0 unspecified atom stereocenters. The number of hydrogen-bond acceptors (Lipinski definition) is 4. The van der Waals surface area contributed by atoms with Crippen molar-refractivity contribution in [1.82, 2.24) is 9.97 Å². The molecule has 118 valence electrons. The monoisotopic (exact) mass is 374 g/mol. The highest BCUT2D eigenvalue weighted by molar-refractivity contribution is 9.09. The summed E-state index contributed by atoms with van der Waals surface area (Å²) < 4.78 is 43.4. The summed E-state index contributed by atoms with van der Waals surface area (Å²) in [6.07, 6.45) is 1.45. The maximum Gasteiger partial charge on any atom is 0.186 e. The molecule has 1 aromatic carbocycles. The minimum atomic E-state index is -1.24. The van der Waals surface area contributed by atoms with E-state index in [2.05, 4.69) is 25.9 Å². The largest absolute Gasteiger partial charge is 0.383 e. The molecule has 0 amide bonds. The SMILES string of the molecule is Cc1nc(N)c2c(F)c(F)c(N3CCC(Br)CC3)c(F)c2n1. The lowest BCUT2D eigenvalue weighted by molar-refractivity contribution is 0.491. The highest BCUT2D eigenvalue weighted by Gasteiger charge is 2.29. The van der Waals surface area contributed by atoms with Crippen LogP contribution in [0.3, 0.4) is 0 Å². The second kappa shape index (κ2) is 5.57. The van der Waals surface area contributed by atoms with E-state index in [1.165, 1.54) is 11.8 Å². The van der Waals surface area contributed by atoms with E-state index < -0.39 is 22.8 Å². The number of benzene rings is 1. The Kier molecular flexibility index (Phi) is 3.88. The van der Waals surface area contributed by atoms with Gasteiger partial charge in [-0.3, -0.25) is 0 Å². The van der Waals surface area contributed by atoms with Crippen LogP contribution in [0.4, 0.5) is 24.7 Å². The second-order valence-electron chi connectivity index (χ2n) is 5.33. The molecule has 4 nitrogen and oxygen atoms in total. The number of halogens is 4. The first kappa shape index (κ1) is 15.3.